The number of urea groups is 1. The van der Waals surface area contributed by atoms with Crippen molar-refractivity contribution in [2.24, 2.45) is 5.73 Å². The predicted octanol–water partition coefficient (Wildman–Crippen LogP) is 5.23. The van der Waals surface area contributed by atoms with Gasteiger partial charge in [0.25, 0.3) is 0 Å². The second-order valence-corrected chi connectivity index (χ2v) is 11.5. The van der Waals surface area contributed by atoms with E-state index in [1.54, 1.807) is 4.90 Å². The number of nitrogens with two attached hydrogens (primary N) is 1. The van der Waals surface area contributed by atoms with Crippen molar-refractivity contribution < 1.29 is 24.2 Å². The summed E-state index contributed by atoms with van der Waals surface area (Å²) in [5.41, 5.74) is 10.1. The first-order valence-corrected chi connectivity index (χ1v) is 15.2. The molecule has 0 spiro atoms. The summed E-state index contributed by atoms with van der Waals surface area (Å²) in [6, 6.07) is 11.4. The van der Waals surface area contributed by atoms with E-state index in [1.807, 2.05) is 55.1 Å². The van der Waals surface area contributed by atoms with Crippen LogP contribution in [0.2, 0.25) is 0 Å². The first kappa shape index (κ1) is 31.2. The van der Waals surface area contributed by atoms with Gasteiger partial charge in [-0.15, -0.1) is 0 Å². The number of ether oxygens (including phenoxy) is 1. The SMILES string of the molecule is Cc1cc(CC[C@@H]2C[C@H](N3CCc4ccccc4NC3=O)CCN2C(=O)OC(=O)NCCCCCCN)cc(C)c1O. The maximum absolute atomic E-state index is 13.2. The van der Waals surface area contributed by atoms with Gasteiger partial charge in [0, 0.05) is 37.4 Å². The largest absolute Gasteiger partial charge is 0.507 e. The maximum Gasteiger partial charge on any atom is 0.419 e. The Bertz CT molecular complexity index is 1230. The number of hydrogen-bond donors (Lipinski definition) is 4. The molecule has 1 fully saturated rings. The lowest BCUT2D eigenvalue weighted by Crippen LogP contribution is -2.54. The van der Waals surface area contributed by atoms with Crippen LogP contribution < -0.4 is 16.4 Å². The predicted molar refractivity (Wildman–Crippen MR) is 163 cm³/mol. The van der Waals surface area contributed by atoms with Gasteiger partial charge < -0.3 is 36.0 Å². The van der Waals surface area contributed by atoms with Gasteiger partial charge in [-0.05, 0) is 93.7 Å². The number of carbonyl (C=O) groups is 3. The molecule has 2 aliphatic heterocycles. The van der Waals surface area contributed by atoms with Crippen LogP contribution in [0.15, 0.2) is 36.4 Å². The Balaban J connectivity index is 1.42. The van der Waals surface area contributed by atoms with Gasteiger partial charge in [-0.1, -0.05) is 43.2 Å². The monoisotopic (exact) mass is 579 g/mol. The van der Waals surface area contributed by atoms with Crippen LogP contribution in [0.4, 0.5) is 20.1 Å². The summed E-state index contributed by atoms with van der Waals surface area (Å²) in [6.45, 7) is 5.82. The number of para-hydroxylation sites is 1. The number of nitrogens with zero attached hydrogens (tertiary/aromatic N) is 2. The summed E-state index contributed by atoms with van der Waals surface area (Å²) in [7, 11) is 0. The van der Waals surface area contributed by atoms with Gasteiger partial charge in [-0.25, -0.2) is 14.4 Å². The highest BCUT2D eigenvalue weighted by molar-refractivity contribution is 5.91. The van der Waals surface area contributed by atoms with E-state index in [2.05, 4.69) is 10.6 Å². The lowest BCUT2D eigenvalue weighted by atomic mass is 9.91. The molecule has 0 aliphatic carbocycles. The van der Waals surface area contributed by atoms with Crippen molar-refractivity contribution in [2.45, 2.75) is 83.7 Å². The fourth-order valence-electron chi connectivity index (χ4n) is 6.08. The van der Waals surface area contributed by atoms with Gasteiger partial charge >= 0.3 is 18.2 Å². The molecule has 2 heterocycles. The maximum atomic E-state index is 13.2. The normalized spacial score (nSPS) is 18.6. The van der Waals surface area contributed by atoms with E-state index in [-0.39, 0.29) is 18.1 Å². The number of likely N-dealkylation sites (tertiary alicyclic amines) is 1. The summed E-state index contributed by atoms with van der Waals surface area (Å²) in [6.07, 6.45) is 5.53. The molecule has 2 aromatic rings. The summed E-state index contributed by atoms with van der Waals surface area (Å²) < 4.78 is 5.21. The molecule has 10 nitrogen and oxygen atoms in total. The molecule has 2 aliphatic rings. The molecule has 0 unspecified atom stereocenters. The number of nitrogens with one attached hydrogen (secondary N) is 2. The number of piperidine rings is 1. The van der Waals surface area contributed by atoms with Crippen LogP contribution in [-0.4, -0.2) is 71.4 Å². The smallest absolute Gasteiger partial charge is 0.419 e. The molecule has 1 saturated heterocycles. The zero-order valence-corrected chi connectivity index (χ0v) is 24.9. The Kier molecular flexibility index (Phi) is 11.1. The molecule has 0 radical (unpaired) electrons. The summed E-state index contributed by atoms with van der Waals surface area (Å²) in [4.78, 5) is 42.4. The number of carbonyl (C=O) groups excluding carboxylic acids is 3. The zero-order chi connectivity index (χ0) is 30.1. The van der Waals surface area contributed by atoms with Gasteiger partial charge in [0.15, 0.2) is 0 Å². The number of aromatic hydroxyl groups is 1. The lowest BCUT2D eigenvalue weighted by Gasteiger charge is -2.42. The minimum absolute atomic E-state index is 0.0565. The number of benzene rings is 2. The summed E-state index contributed by atoms with van der Waals surface area (Å²) in [5, 5.41) is 15.9. The van der Waals surface area contributed by atoms with Crippen molar-refractivity contribution in [3.05, 3.63) is 58.7 Å². The van der Waals surface area contributed by atoms with Crippen molar-refractivity contribution in [1.82, 2.24) is 15.1 Å². The fourth-order valence-corrected chi connectivity index (χ4v) is 6.08. The number of phenolic OH excluding ortho intramolecular Hbond substituents is 1. The second-order valence-electron chi connectivity index (χ2n) is 11.5. The number of amides is 4. The van der Waals surface area contributed by atoms with Gasteiger partial charge in [0.1, 0.15) is 5.75 Å². The minimum atomic E-state index is -0.742. The van der Waals surface area contributed by atoms with Crippen LogP contribution in [-0.2, 0) is 17.6 Å². The van der Waals surface area contributed by atoms with E-state index in [4.69, 9.17) is 10.5 Å². The van der Waals surface area contributed by atoms with Crippen molar-refractivity contribution >= 4 is 23.9 Å². The molecule has 4 rings (SSSR count). The average molecular weight is 580 g/mol. The van der Waals surface area contributed by atoms with E-state index in [1.165, 1.54) is 0 Å². The van der Waals surface area contributed by atoms with Gasteiger partial charge in [-0.3, -0.25) is 0 Å². The molecule has 5 N–H and O–H groups in total. The minimum Gasteiger partial charge on any atom is -0.507 e. The van der Waals surface area contributed by atoms with Crippen LogP contribution >= 0.6 is 0 Å². The fraction of sp³-hybridized carbons (Fsp3) is 0.531. The van der Waals surface area contributed by atoms with Crippen LogP contribution in [0.25, 0.3) is 0 Å². The topological polar surface area (TPSA) is 137 Å². The van der Waals surface area contributed by atoms with Crippen molar-refractivity contribution in [1.29, 1.82) is 0 Å². The van der Waals surface area contributed by atoms with Crippen molar-refractivity contribution in [3.63, 3.8) is 0 Å². The lowest BCUT2D eigenvalue weighted by molar-refractivity contribution is 0.0632. The van der Waals surface area contributed by atoms with Gasteiger partial charge in [0.05, 0.1) is 0 Å². The number of anilines is 1. The Morgan fingerprint density at radius 2 is 1.83 bits per heavy atom. The first-order valence-electron chi connectivity index (χ1n) is 15.2. The van der Waals surface area contributed by atoms with Gasteiger partial charge in [-0.2, -0.15) is 0 Å². The molecule has 0 aromatic heterocycles. The Morgan fingerprint density at radius 3 is 2.60 bits per heavy atom. The number of fused-ring (bicyclic) bond motifs is 1. The Labute approximate surface area is 248 Å². The third-order valence-corrected chi connectivity index (χ3v) is 8.40. The summed E-state index contributed by atoms with van der Waals surface area (Å²) >= 11 is 0. The number of rotatable bonds is 10. The quantitative estimate of drug-likeness (QED) is 0.225. The van der Waals surface area contributed by atoms with E-state index in [9.17, 15) is 19.5 Å². The Morgan fingerprint density at radius 1 is 1.10 bits per heavy atom. The molecule has 0 bridgehead atoms. The molecule has 2 aromatic carbocycles. The number of aryl methyl sites for hydroxylation is 3. The molecular formula is C32H45N5O5. The summed E-state index contributed by atoms with van der Waals surface area (Å²) in [5.74, 6) is 0.292. The highest BCUT2D eigenvalue weighted by Crippen LogP contribution is 2.30. The number of hydrogen-bond acceptors (Lipinski definition) is 6. The molecule has 10 heteroatoms. The van der Waals surface area contributed by atoms with Crippen LogP contribution in [0.3, 0.4) is 0 Å². The van der Waals surface area contributed by atoms with Crippen LogP contribution in [0.1, 0.15) is 67.2 Å². The van der Waals surface area contributed by atoms with Crippen LogP contribution in [0, 0.1) is 13.8 Å². The molecule has 42 heavy (non-hydrogen) atoms. The molecule has 0 saturated carbocycles. The van der Waals surface area contributed by atoms with E-state index < -0.39 is 12.2 Å². The van der Waals surface area contributed by atoms with Crippen molar-refractivity contribution in [2.75, 3.05) is 31.5 Å². The van der Waals surface area contributed by atoms with Crippen LogP contribution in [0.5, 0.6) is 5.75 Å². The number of phenols is 1. The van der Waals surface area contributed by atoms with Gasteiger partial charge in [0.2, 0.25) is 0 Å². The molecular weight excluding hydrogens is 534 g/mol. The van der Waals surface area contributed by atoms with Crippen molar-refractivity contribution in [3.8, 4) is 5.75 Å². The third kappa shape index (κ3) is 8.15. The van der Waals surface area contributed by atoms with E-state index >= 15 is 0 Å². The number of alkyl carbamates (subject to hydrolysis) is 1. The molecule has 4 amide bonds. The van der Waals surface area contributed by atoms with E-state index in [0.717, 1.165) is 60.0 Å². The average Bonchev–Trinajstić information content (AvgIpc) is 3.14. The molecule has 228 valence electrons. The number of unbranched alkanes of at least 4 members (excludes halogenated alkanes) is 3. The highest BCUT2D eigenvalue weighted by atomic mass is 16.6. The molecule has 2 atom stereocenters. The second kappa shape index (κ2) is 14.9. The Hall–Kier alpha value is -3.79. The van der Waals surface area contributed by atoms with E-state index in [0.29, 0.717) is 57.6 Å². The highest BCUT2D eigenvalue weighted by Gasteiger charge is 2.37. The first-order chi connectivity index (χ1) is 20.3. The zero-order valence-electron chi connectivity index (χ0n) is 24.9. The standard InChI is InChI=1S/C32H45N5O5/c1-22-19-24(20-23(2)29(22)38)11-12-26-21-27(36-17-13-25-9-5-6-10-28(25)35-30(36)39)14-18-37(26)32(41)42-31(40)34-16-8-4-3-7-15-33/h5-6,9-10,19-20,26-27,38H,3-4,7-8,11-18,21,33H2,1-2H3,(H,34,40)(H,35,39)/t26-,27-/m1/s1. The third-order valence-electron chi connectivity index (χ3n) is 8.40.